The smallest absolute Gasteiger partial charge is 0.253 e. The van der Waals surface area contributed by atoms with Crippen molar-refractivity contribution in [1.29, 1.82) is 0 Å². The predicted octanol–water partition coefficient (Wildman–Crippen LogP) is 1.88. The zero-order valence-electron chi connectivity index (χ0n) is 16.1. The Hall–Kier alpha value is -2.77. The van der Waals surface area contributed by atoms with Crippen molar-refractivity contribution < 1.29 is 18.7 Å². The Kier molecular flexibility index (Phi) is 5.87. The molecule has 29 heavy (non-hydrogen) atoms. The molecule has 1 atom stereocenters. The Morgan fingerprint density at radius 3 is 2.86 bits per heavy atom. The van der Waals surface area contributed by atoms with E-state index in [0.717, 1.165) is 18.5 Å². The van der Waals surface area contributed by atoms with E-state index in [9.17, 15) is 14.0 Å². The summed E-state index contributed by atoms with van der Waals surface area (Å²) in [6.07, 6.45) is 0.305. The van der Waals surface area contributed by atoms with Gasteiger partial charge in [0.25, 0.3) is 5.91 Å². The minimum atomic E-state index is -0.436. The van der Waals surface area contributed by atoms with Crippen molar-refractivity contribution in [2.24, 2.45) is 0 Å². The second-order valence-corrected chi connectivity index (χ2v) is 7.37. The molecular weight excluding hydrogens is 373 g/mol. The lowest BCUT2D eigenvalue weighted by atomic mass is 9.98. The Bertz CT molecular complexity index is 912. The summed E-state index contributed by atoms with van der Waals surface area (Å²) in [7, 11) is 0. The van der Waals surface area contributed by atoms with Crippen molar-refractivity contribution in [2.75, 3.05) is 31.6 Å². The molecule has 152 valence electrons. The molecule has 0 spiro atoms. The van der Waals surface area contributed by atoms with Crippen LogP contribution in [0.25, 0.3) is 0 Å². The van der Waals surface area contributed by atoms with Crippen LogP contribution in [0.15, 0.2) is 42.5 Å². The Morgan fingerprint density at radius 1 is 1.21 bits per heavy atom. The highest BCUT2D eigenvalue weighted by atomic mass is 19.1. The molecule has 2 heterocycles. The van der Waals surface area contributed by atoms with Gasteiger partial charge in [0.2, 0.25) is 5.91 Å². The summed E-state index contributed by atoms with van der Waals surface area (Å²) in [6, 6.07) is 12.0. The second-order valence-electron chi connectivity index (χ2n) is 7.37. The first kappa shape index (κ1) is 19.5. The van der Waals surface area contributed by atoms with Gasteiger partial charge in [-0.25, -0.2) is 4.39 Å². The number of nitrogens with one attached hydrogen (secondary N) is 2. The van der Waals surface area contributed by atoms with Crippen LogP contribution in [-0.4, -0.2) is 49.1 Å². The molecule has 2 aliphatic rings. The lowest BCUT2D eigenvalue weighted by Gasteiger charge is -2.33. The predicted molar refractivity (Wildman–Crippen MR) is 107 cm³/mol. The minimum absolute atomic E-state index is 0.00292. The van der Waals surface area contributed by atoms with Gasteiger partial charge in [0.1, 0.15) is 11.9 Å². The summed E-state index contributed by atoms with van der Waals surface area (Å²) in [6.45, 7) is 2.99. The van der Waals surface area contributed by atoms with E-state index in [1.165, 1.54) is 11.6 Å². The summed E-state index contributed by atoms with van der Waals surface area (Å²) < 4.78 is 19.3. The van der Waals surface area contributed by atoms with E-state index < -0.39 is 6.10 Å². The van der Waals surface area contributed by atoms with Gasteiger partial charge in [-0.1, -0.05) is 24.3 Å². The van der Waals surface area contributed by atoms with Crippen LogP contribution in [0.3, 0.4) is 0 Å². The van der Waals surface area contributed by atoms with E-state index in [-0.39, 0.29) is 24.1 Å². The van der Waals surface area contributed by atoms with Crippen LogP contribution in [0.2, 0.25) is 0 Å². The fraction of sp³-hybridized carbons (Fsp3) is 0.364. The van der Waals surface area contributed by atoms with E-state index >= 15 is 0 Å². The number of fused-ring (bicyclic) bond motifs is 1. The monoisotopic (exact) mass is 397 g/mol. The summed E-state index contributed by atoms with van der Waals surface area (Å²) in [5.74, 6) is -0.668. The third kappa shape index (κ3) is 4.63. The molecule has 0 aromatic heterocycles. The Labute approximate surface area is 169 Å². The van der Waals surface area contributed by atoms with Gasteiger partial charge >= 0.3 is 0 Å². The number of carbonyl (C=O) groups is 2. The fourth-order valence-corrected chi connectivity index (χ4v) is 3.77. The third-order valence-electron chi connectivity index (χ3n) is 5.33. The summed E-state index contributed by atoms with van der Waals surface area (Å²) in [5, 5.41) is 6.01. The largest absolute Gasteiger partial charge is 0.366 e. The van der Waals surface area contributed by atoms with E-state index in [2.05, 4.69) is 10.6 Å². The number of carbonyl (C=O) groups excluding carboxylic acids is 2. The van der Waals surface area contributed by atoms with Crippen molar-refractivity contribution in [3.63, 3.8) is 0 Å². The van der Waals surface area contributed by atoms with Gasteiger partial charge < -0.3 is 20.3 Å². The average molecular weight is 397 g/mol. The number of morpholine rings is 1. The normalized spacial score (nSPS) is 18.8. The van der Waals surface area contributed by atoms with Gasteiger partial charge in [0.05, 0.1) is 13.0 Å². The Morgan fingerprint density at radius 2 is 2.07 bits per heavy atom. The molecule has 2 aromatic carbocycles. The first-order chi connectivity index (χ1) is 14.1. The van der Waals surface area contributed by atoms with Gasteiger partial charge in [-0.3, -0.25) is 9.59 Å². The lowest BCUT2D eigenvalue weighted by molar-refractivity contribution is -0.146. The van der Waals surface area contributed by atoms with Crippen molar-refractivity contribution >= 4 is 17.5 Å². The molecule has 0 saturated carbocycles. The molecule has 2 aliphatic heterocycles. The van der Waals surface area contributed by atoms with Crippen LogP contribution in [-0.2, 0) is 33.7 Å². The van der Waals surface area contributed by atoms with Gasteiger partial charge in [-0.05, 0) is 41.3 Å². The molecule has 6 nitrogen and oxygen atoms in total. The van der Waals surface area contributed by atoms with Crippen LogP contribution in [0, 0.1) is 5.82 Å². The first-order valence-corrected chi connectivity index (χ1v) is 9.86. The van der Waals surface area contributed by atoms with Crippen LogP contribution in [0.4, 0.5) is 10.1 Å². The van der Waals surface area contributed by atoms with Gasteiger partial charge in [0.15, 0.2) is 0 Å². The van der Waals surface area contributed by atoms with Crippen LogP contribution < -0.4 is 10.6 Å². The molecule has 1 fully saturated rings. The van der Waals surface area contributed by atoms with E-state index in [4.69, 9.17) is 4.74 Å². The number of hydrogen-bond acceptors (Lipinski definition) is 4. The van der Waals surface area contributed by atoms with E-state index in [1.54, 1.807) is 18.2 Å². The van der Waals surface area contributed by atoms with Gasteiger partial charge in [-0.2, -0.15) is 0 Å². The molecule has 2 aromatic rings. The number of nitrogens with zero attached hydrogens (tertiary/aromatic N) is 1. The number of anilines is 1. The first-order valence-electron chi connectivity index (χ1n) is 9.86. The standard InChI is InChI=1S/C22H24FN3O3/c23-19-4-2-1-3-16(19)12-21(27)25-18-6-5-15-7-9-26(14-17(15)11-18)22(28)20-13-24-8-10-29-20/h1-6,11,20,24H,7-10,12-14H2,(H,25,27)/t20-/m0/s1. The molecule has 1 saturated heterocycles. The lowest BCUT2D eigenvalue weighted by Crippen LogP contribution is -2.50. The highest BCUT2D eigenvalue weighted by Gasteiger charge is 2.29. The molecule has 7 heteroatoms. The summed E-state index contributed by atoms with van der Waals surface area (Å²) in [5.41, 5.74) is 3.19. The molecule has 0 radical (unpaired) electrons. The van der Waals surface area contributed by atoms with Crippen molar-refractivity contribution in [1.82, 2.24) is 10.2 Å². The maximum absolute atomic E-state index is 13.8. The minimum Gasteiger partial charge on any atom is -0.366 e. The summed E-state index contributed by atoms with van der Waals surface area (Å²) in [4.78, 5) is 26.8. The SMILES string of the molecule is O=C(Cc1ccccc1F)Nc1ccc2c(c1)CN(C(=O)[C@@H]1CNCCO1)CC2. The van der Waals surface area contributed by atoms with E-state index in [0.29, 0.717) is 37.5 Å². The number of halogens is 1. The highest BCUT2D eigenvalue weighted by Crippen LogP contribution is 2.24. The zero-order chi connectivity index (χ0) is 20.2. The second kappa shape index (κ2) is 8.71. The maximum Gasteiger partial charge on any atom is 0.253 e. The fourth-order valence-electron chi connectivity index (χ4n) is 3.77. The maximum atomic E-state index is 13.8. The van der Waals surface area contributed by atoms with Gasteiger partial charge in [-0.15, -0.1) is 0 Å². The highest BCUT2D eigenvalue weighted by molar-refractivity contribution is 5.92. The van der Waals surface area contributed by atoms with Crippen LogP contribution in [0.5, 0.6) is 0 Å². The van der Waals surface area contributed by atoms with Crippen LogP contribution in [0.1, 0.15) is 16.7 Å². The molecule has 2 N–H and O–H groups in total. The molecule has 0 aliphatic carbocycles. The number of rotatable bonds is 4. The van der Waals surface area contributed by atoms with Gasteiger partial charge in [0, 0.05) is 31.9 Å². The third-order valence-corrected chi connectivity index (χ3v) is 5.33. The molecular formula is C22H24FN3O3. The number of benzene rings is 2. The van der Waals surface area contributed by atoms with Crippen molar-refractivity contribution in [3.05, 3.63) is 65.0 Å². The van der Waals surface area contributed by atoms with Crippen molar-refractivity contribution in [2.45, 2.75) is 25.5 Å². The molecule has 2 amide bonds. The topological polar surface area (TPSA) is 70.7 Å². The van der Waals surface area contributed by atoms with Crippen molar-refractivity contribution in [3.8, 4) is 0 Å². The van der Waals surface area contributed by atoms with E-state index in [1.807, 2.05) is 23.1 Å². The summed E-state index contributed by atoms with van der Waals surface area (Å²) >= 11 is 0. The zero-order valence-corrected chi connectivity index (χ0v) is 16.1. The molecule has 4 rings (SSSR count). The average Bonchev–Trinajstić information content (AvgIpc) is 2.75. The molecule has 0 bridgehead atoms. The number of hydrogen-bond donors (Lipinski definition) is 2. The quantitative estimate of drug-likeness (QED) is 0.827. The number of amides is 2. The Balaban J connectivity index is 1.41. The molecule has 0 unspecified atom stereocenters. The number of ether oxygens (including phenoxy) is 1. The van der Waals surface area contributed by atoms with Crippen LogP contribution >= 0.6 is 0 Å².